The van der Waals surface area contributed by atoms with E-state index in [0.717, 1.165) is 17.7 Å². The highest BCUT2D eigenvalue weighted by atomic mass is 16.5. The number of phenolic OH excluding ortho intramolecular Hbond substituents is 1. The van der Waals surface area contributed by atoms with Crippen molar-refractivity contribution in [3.8, 4) is 11.5 Å². The van der Waals surface area contributed by atoms with Crippen LogP contribution in [0.1, 0.15) is 28.5 Å². The van der Waals surface area contributed by atoms with E-state index in [2.05, 4.69) is 10.4 Å². The lowest BCUT2D eigenvalue weighted by molar-refractivity contribution is 0.0948. The number of aromatic nitrogens is 2. The number of rotatable bonds is 5. The second-order valence-corrected chi connectivity index (χ2v) is 4.69. The largest absolute Gasteiger partial charge is 0.507 e. The quantitative estimate of drug-likeness (QED) is 0.877. The average molecular weight is 289 g/mol. The molecule has 0 fully saturated rings. The van der Waals surface area contributed by atoms with Crippen LogP contribution in [0.5, 0.6) is 11.5 Å². The molecule has 0 bridgehead atoms. The predicted molar refractivity (Wildman–Crippen MR) is 78.4 cm³/mol. The minimum absolute atomic E-state index is 0.103. The maximum Gasteiger partial charge on any atom is 0.255 e. The smallest absolute Gasteiger partial charge is 0.255 e. The molecule has 1 amide bonds. The number of methoxy groups -OCH3 is 1. The zero-order valence-electron chi connectivity index (χ0n) is 12.4. The molecule has 0 aliphatic heterocycles. The molecule has 0 saturated heterocycles. The van der Waals surface area contributed by atoms with Gasteiger partial charge in [0.2, 0.25) is 0 Å². The van der Waals surface area contributed by atoms with Crippen LogP contribution in [0.25, 0.3) is 0 Å². The first-order valence-electron chi connectivity index (χ1n) is 6.71. The Hall–Kier alpha value is -2.50. The molecule has 0 aliphatic rings. The van der Waals surface area contributed by atoms with E-state index in [0.29, 0.717) is 12.3 Å². The van der Waals surface area contributed by atoms with Crippen LogP contribution in [0.4, 0.5) is 0 Å². The normalized spacial score (nSPS) is 10.4. The summed E-state index contributed by atoms with van der Waals surface area (Å²) < 4.78 is 6.72. The summed E-state index contributed by atoms with van der Waals surface area (Å²) in [5.41, 5.74) is 2.15. The van der Waals surface area contributed by atoms with Gasteiger partial charge in [-0.1, -0.05) is 6.92 Å². The lowest BCUT2D eigenvalue weighted by atomic mass is 10.1. The van der Waals surface area contributed by atoms with Crippen molar-refractivity contribution in [2.45, 2.75) is 19.9 Å². The number of hydrogen-bond donors (Lipinski definition) is 2. The maximum absolute atomic E-state index is 12.1. The third kappa shape index (κ3) is 3.34. The number of nitrogens with zero attached hydrogens (tertiary/aromatic N) is 2. The SMILES string of the molecule is CCc1nn(C)cc1CNC(=O)c1ccc(OC)cc1O. The lowest BCUT2D eigenvalue weighted by Gasteiger charge is -2.08. The van der Waals surface area contributed by atoms with Crippen LogP contribution in [0.3, 0.4) is 0 Å². The van der Waals surface area contributed by atoms with E-state index >= 15 is 0 Å². The number of carbonyl (C=O) groups excluding carboxylic acids is 1. The van der Waals surface area contributed by atoms with Gasteiger partial charge in [-0.3, -0.25) is 9.48 Å². The topological polar surface area (TPSA) is 76.4 Å². The van der Waals surface area contributed by atoms with Gasteiger partial charge < -0.3 is 15.2 Å². The monoisotopic (exact) mass is 289 g/mol. The summed E-state index contributed by atoms with van der Waals surface area (Å²) in [7, 11) is 3.35. The molecule has 1 aromatic heterocycles. The van der Waals surface area contributed by atoms with Crippen molar-refractivity contribution in [2.75, 3.05) is 7.11 Å². The molecule has 2 N–H and O–H groups in total. The summed E-state index contributed by atoms with van der Waals surface area (Å²) in [6, 6.07) is 4.58. The molecule has 112 valence electrons. The Morgan fingerprint density at radius 2 is 2.24 bits per heavy atom. The van der Waals surface area contributed by atoms with Gasteiger partial charge in [0.05, 0.1) is 18.4 Å². The number of nitrogens with one attached hydrogen (secondary N) is 1. The van der Waals surface area contributed by atoms with E-state index < -0.39 is 0 Å². The van der Waals surface area contributed by atoms with Gasteiger partial charge in [-0.25, -0.2) is 0 Å². The first-order valence-corrected chi connectivity index (χ1v) is 6.71. The molecule has 0 spiro atoms. The van der Waals surface area contributed by atoms with Crippen LogP contribution < -0.4 is 10.1 Å². The van der Waals surface area contributed by atoms with Crippen LogP contribution in [0, 0.1) is 0 Å². The summed E-state index contributed by atoms with van der Waals surface area (Å²) in [5, 5.41) is 16.9. The van der Waals surface area contributed by atoms with Gasteiger partial charge in [0.1, 0.15) is 11.5 Å². The Labute approximate surface area is 123 Å². The van der Waals surface area contributed by atoms with Gasteiger partial charge in [0.25, 0.3) is 5.91 Å². The third-order valence-electron chi connectivity index (χ3n) is 3.22. The molecule has 0 saturated carbocycles. The maximum atomic E-state index is 12.1. The van der Waals surface area contributed by atoms with E-state index in [1.807, 2.05) is 20.2 Å². The molecule has 2 rings (SSSR count). The first kappa shape index (κ1) is 14.9. The molecular weight excluding hydrogens is 270 g/mol. The van der Waals surface area contributed by atoms with Crippen molar-refractivity contribution < 1.29 is 14.6 Å². The van der Waals surface area contributed by atoms with Crippen molar-refractivity contribution in [3.63, 3.8) is 0 Å². The number of aromatic hydroxyl groups is 1. The molecule has 1 aromatic carbocycles. The fraction of sp³-hybridized carbons (Fsp3) is 0.333. The molecule has 0 atom stereocenters. The fourth-order valence-electron chi connectivity index (χ4n) is 2.13. The standard InChI is InChI=1S/C15H19N3O3/c1-4-13-10(9-18(2)17-13)8-16-15(20)12-6-5-11(21-3)7-14(12)19/h5-7,9,19H,4,8H2,1-3H3,(H,16,20). The number of phenols is 1. The first-order chi connectivity index (χ1) is 10.0. The van der Waals surface area contributed by atoms with Gasteiger partial charge in [0.15, 0.2) is 0 Å². The summed E-state index contributed by atoms with van der Waals surface area (Å²) in [6.45, 7) is 2.39. The van der Waals surface area contributed by atoms with Crippen LogP contribution in [-0.4, -0.2) is 27.9 Å². The zero-order chi connectivity index (χ0) is 15.4. The number of amides is 1. The number of ether oxygens (including phenoxy) is 1. The Morgan fingerprint density at radius 3 is 2.86 bits per heavy atom. The second kappa shape index (κ2) is 6.30. The van der Waals surface area contributed by atoms with Crippen LogP contribution in [0.15, 0.2) is 24.4 Å². The van der Waals surface area contributed by atoms with E-state index in [1.54, 1.807) is 10.7 Å². The van der Waals surface area contributed by atoms with Crippen molar-refractivity contribution in [1.29, 1.82) is 0 Å². The van der Waals surface area contributed by atoms with Crippen molar-refractivity contribution in [1.82, 2.24) is 15.1 Å². The van der Waals surface area contributed by atoms with Crippen LogP contribution in [0.2, 0.25) is 0 Å². The third-order valence-corrected chi connectivity index (χ3v) is 3.22. The van der Waals surface area contributed by atoms with E-state index in [1.165, 1.54) is 19.2 Å². The molecule has 0 radical (unpaired) electrons. The summed E-state index contributed by atoms with van der Waals surface area (Å²) in [5.74, 6) is 0.0689. The summed E-state index contributed by atoms with van der Waals surface area (Å²) in [4.78, 5) is 12.1. The zero-order valence-corrected chi connectivity index (χ0v) is 12.4. The molecule has 6 heteroatoms. The average Bonchev–Trinajstić information content (AvgIpc) is 2.84. The Morgan fingerprint density at radius 1 is 1.48 bits per heavy atom. The van der Waals surface area contributed by atoms with Gasteiger partial charge in [-0.05, 0) is 18.6 Å². The molecule has 0 unspecified atom stereocenters. The van der Waals surface area contributed by atoms with Gasteiger partial charge in [-0.2, -0.15) is 5.10 Å². The molecular formula is C15H19N3O3. The number of hydrogen-bond acceptors (Lipinski definition) is 4. The molecule has 21 heavy (non-hydrogen) atoms. The second-order valence-electron chi connectivity index (χ2n) is 4.69. The molecule has 0 aliphatic carbocycles. The van der Waals surface area contributed by atoms with Crippen molar-refractivity contribution in [3.05, 3.63) is 41.2 Å². The fourth-order valence-corrected chi connectivity index (χ4v) is 2.13. The minimum atomic E-state index is -0.332. The highest BCUT2D eigenvalue weighted by Crippen LogP contribution is 2.23. The number of carbonyl (C=O) groups is 1. The summed E-state index contributed by atoms with van der Waals surface area (Å²) in [6.07, 6.45) is 2.69. The highest BCUT2D eigenvalue weighted by Gasteiger charge is 2.13. The van der Waals surface area contributed by atoms with Crippen LogP contribution in [-0.2, 0) is 20.0 Å². The van der Waals surface area contributed by atoms with Crippen molar-refractivity contribution in [2.24, 2.45) is 7.05 Å². The Kier molecular flexibility index (Phi) is 4.47. The number of benzene rings is 1. The van der Waals surface area contributed by atoms with E-state index in [-0.39, 0.29) is 17.2 Å². The van der Waals surface area contributed by atoms with E-state index in [4.69, 9.17) is 4.74 Å². The summed E-state index contributed by atoms with van der Waals surface area (Å²) >= 11 is 0. The van der Waals surface area contributed by atoms with Gasteiger partial charge in [0, 0.05) is 31.4 Å². The van der Waals surface area contributed by atoms with Gasteiger partial charge in [-0.15, -0.1) is 0 Å². The molecule has 2 aromatic rings. The Bertz CT molecular complexity index is 650. The van der Waals surface area contributed by atoms with Crippen molar-refractivity contribution >= 4 is 5.91 Å². The van der Waals surface area contributed by atoms with Crippen LogP contribution >= 0.6 is 0 Å². The minimum Gasteiger partial charge on any atom is -0.507 e. The molecule has 1 heterocycles. The lowest BCUT2D eigenvalue weighted by Crippen LogP contribution is -2.23. The van der Waals surface area contributed by atoms with Gasteiger partial charge >= 0.3 is 0 Å². The molecule has 6 nitrogen and oxygen atoms in total. The number of aryl methyl sites for hydroxylation is 2. The predicted octanol–water partition coefficient (Wildman–Crippen LogP) is 1.63. The highest BCUT2D eigenvalue weighted by molar-refractivity contribution is 5.96. The van der Waals surface area contributed by atoms with E-state index in [9.17, 15) is 9.90 Å². The Balaban J connectivity index is 2.08.